The van der Waals surface area contributed by atoms with Crippen LogP contribution >= 0.6 is 9.24 Å². The minimum atomic E-state index is -0.106. The van der Waals surface area contributed by atoms with E-state index in [-0.39, 0.29) is 16.5 Å². The highest BCUT2D eigenvalue weighted by Crippen LogP contribution is 2.27. The van der Waals surface area contributed by atoms with Crippen molar-refractivity contribution in [3.8, 4) is 0 Å². The average Bonchev–Trinajstić information content (AvgIpc) is 2.15. The highest BCUT2D eigenvalue weighted by atomic mass is 31.0. The van der Waals surface area contributed by atoms with Crippen molar-refractivity contribution >= 4 is 9.24 Å². The first kappa shape index (κ1) is 8.19. The summed E-state index contributed by atoms with van der Waals surface area (Å²) in [7, 11) is 2.58. The van der Waals surface area contributed by atoms with E-state index in [0.29, 0.717) is 6.54 Å². The van der Waals surface area contributed by atoms with Crippen molar-refractivity contribution in [3.63, 3.8) is 0 Å². The summed E-state index contributed by atoms with van der Waals surface area (Å²) in [6.45, 7) is 4.57. The Morgan fingerprint density at radius 2 is 2.30 bits per heavy atom. The van der Waals surface area contributed by atoms with Gasteiger partial charge in [0.25, 0.3) is 0 Å². The molecular weight excluding hydrogens is 145 g/mol. The average molecular weight is 159 g/mol. The Bertz CT molecular complexity index is 158. The van der Waals surface area contributed by atoms with Crippen molar-refractivity contribution in [1.82, 2.24) is 0 Å². The third-order valence-corrected chi connectivity index (χ3v) is 2.83. The van der Waals surface area contributed by atoms with Crippen molar-refractivity contribution in [2.75, 3.05) is 6.54 Å². The van der Waals surface area contributed by atoms with Crippen LogP contribution in [-0.2, 0) is 0 Å². The number of rotatable bonds is 1. The van der Waals surface area contributed by atoms with E-state index in [9.17, 15) is 5.21 Å². The van der Waals surface area contributed by atoms with Crippen molar-refractivity contribution in [3.05, 3.63) is 17.4 Å². The second kappa shape index (κ2) is 2.61. The molecule has 0 radical (unpaired) electrons. The van der Waals surface area contributed by atoms with Gasteiger partial charge in [0.05, 0.1) is 12.6 Å². The highest BCUT2D eigenvalue weighted by molar-refractivity contribution is 7.17. The van der Waals surface area contributed by atoms with Crippen LogP contribution in [0.3, 0.4) is 0 Å². The van der Waals surface area contributed by atoms with Gasteiger partial charge in [-0.25, -0.2) is 0 Å². The quantitative estimate of drug-likeness (QED) is 0.246. The molecule has 0 fully saturated rings. The molecule has 0 aromatic rings. The number of hydroxylamine groups is 3. The van der Waals surface area contributed by atoms with Gasteiger partial charge in [0.15, 0.2) is 0 Å². The predicted molar refractivity (Wildman–Crippen MR) is 46.3 cm³/mol. The molecule has 1 heterocycles. The number of nitrogens with zero attached hydrogens (tertiary/aromatic N) is 1. The van der Waals surface area contributed by atoms with Crippen LogP contribution in [0.15, 0.2) is 12.2 Å². The Labute approximate surface area is 64.3 Å². The Hall–Kier alpha value is 0.0900. The summed E-state index contributed by atoms with van der Waals surface area (Å²) in [6.07, 6.45) is 3.93. The molecule has 0 aromatic heterocycles. The van der Waals surface area contributed by atoms with E-state index < -0.39 is 0 Å². The molecule has 3 unspecified atom stereocenters. The summed E-state index contributed by atoms with van der Waals surface area (Å²) in [5.74, 6) is 0.0694. The van der Waals surface area contributed by atoms with Gasteiger partial charge >= 0.3 is 0 Å². The first-order chi connectivity index (χ1) is 4.57. The molecule has 3 heteroatoms. The first-order valence-corrected chi connectivity index (χ1v) is 4.24. The lowest BCUT2D eigenvalue weighted by molar-refractivity contribution is -0.895. The standard InChI is InChI=1S/C7H14NOP/c1-6(2)8(9)5-3-4-7(8)10/h3-4,6-7H,5,10H2,1-2H3. The number of quaternary nitrogens is 1. The predicted octanol–water partition coefficient (Wildman–Crippen LogP) is 1.48. The summed E-state index contributed by atoms with van der Waals surface area (Å²) in [6, 6.07) is 0.164. The maximum atomic E-state index is 11.8. The maximum Gasteiger partial charge on any atom is 0.120 e. The fraction of sp³-hybridized carbons (Fsp3) is 0.714. The van der Waals surface area contributed by atoms with Crippen LogP contribution < -0.4 is 0 Å². The molecule has 0 N–H and O–H groups in total. The van der Waals surface area contributed by atoms with Crippen LogP contribution in [0.4, 0.5) is 0 Å². The minimum Gasteiger partial charge on any atom is -0.632 e. The van der Waals surface area contributed by atoms with Gasteiger partial charge in [-0.15, -0.1) is 0 Å². The molecule has 1 aliphatic heterocycles. The molecule has 3 atom stereocenters. The Morgan fingerprint density at radius 3 is 2.50 bits per heavy atom. The maximum absolute atomic E-state index is 11.8. The van der Waals surface area contributed by atoms with E-state index in [1.807, 2.05) is 26.0 Å². The molecule has 0 spiro atoms. The lowest BCUT2D eigenvalue weighted by Gasteiger charge is -2.46. The number of hydrogen-bond donors (Lipinski definition) is 0. The van der Waals surface area contributed by atoms with Crippen LogP contribution in [-0.4, -0.2) is 23.0 Å². The fourth-order valence-corrected chi connectivity index (χ4v) is 1.81. The van der Waals surface area contributed by atoms with Crippen molar-refractivity contribution in [2.24, 2.45) is 0 Å². The first-order valence-electron chi connectivity index (χ1n) is 3.58. The second-order valence-corrected chi connectivity index (χ2v) is 3.73. The van der Waals surface area contributed by atoms with E-state index in [2.05, 4.69) is 9.24 Å². The summed E-state index contributed by atoms with van der Waals surface area (Å²) in [5, 5.41) is 11.8. The van der Waals surface area contributed by atoms with E-state index >= 15 is 0 Å². The van der Waals surface area contributed by atoms with Gasteiger partial charge in [-0.05, 0) is 26.0 Å². The van der Waals surface area contributed by atoms with Gasteiger partial charge in [-0.3, -0.25) is 0 Å². The van der Waals surface area contributed by atoms with Crippen LogP contribution in [0.5, 0.6) is 0 Å². The molecule has 1 aliphatic rings. The monoisotopic (exact) mass is 159 g/mol. The molecule has 58 valence electrons. The van der Waals surface area contributed by atoms with Gasteiger partial charge in [-0.1, -0.05) is 9.24 Å². The molecule has 2 nitrogen and oxygen atoms in total. The van der Waals surface area contributed by atoms with Gasteiger partial charge in [-0.2, -0.15) is 0 Å². The SMILES string of the molecule is CC(C)[N+]1([O-])CC=CC1P. The fourth-order valence-electron chi connectivity index (χ4n) is 1.19. The highest BCUT2D eigenvalue weighted by Gasteiger charge is 2.29. The van der Waals surface area contributed by atoms with Gasteiger partial charge < -0.3 is 9.85 Å². The molecule has 0 aliphatic carbocycles. The topological polar surface area (TPSA) is 23.1 Å². The lowest BCUT2D eigenvalue weighted by Crippen LogP contribution is -2.49. The molecular formula is C7H14NOP. The Kier molecular flexibility index (Phi) is 2.14. The second-order valence-electron chi connectivity index (χ2n) is 3.05. The third-order valence-electron chi connectivity index (χ3n) is 2.10. The Morgan fingerprint density at radius 1 is 1.70 bits per heavy atom. The van der Waals surface area contributed by atoms with Crippen LogP contribution in [0, 0.1) is 5.21 Å². The zero-order valence-electron chi connectivity index (χ0n) is 6.45. The Balaban J connectivity index is 2.71. The summed E-state index contributed by atoms with van der Waals surface area (Å²) in [5.41, 5.74) is 0. The molecule has 0 saturated carbocycles. The van der Waals surface area contributed by atoms with Crippen molar-refractivity contribution in [1.29, 1.82) is 0 Å². The third kappa shape index (κ3) is 1.12. The molecule has 1 rings (SSSR count). The summed E-state index contributed by atoms with van der Waals surface area (Å²) < 4.78 is -0.106. The van der Waals surface area contributed by atoms with E-state index in [1.165, 1.54) is 0 Å². The van der Waals surface area contributed by atoms with Crippen LogP contribution in [0.2, 0.25) is 0 Å². The zero-order chi connectivity index (χ0) is 7.78. The van der Waals surface area contributed by atoms with Crippen molar-refractivity contribution < 1.29 is 4.65 Å². The van der Waals surface area contributed by atoms with Crippen molar-refractivity contribution in [2.45, 2.75) is 25.7 Å². The van der Waals surface area contributed by atoms with E-state index in [1.54, 1.807) is 0 Å². The van der Waals surface area contributed by atoms with Gasteiger partial charge in [0, 0.05) is 0 Å². The number of hydrogen-bond acceptors (Lipinski definition) is 1. The molecule has 0 amide bonds. The van der Waals surface area contributed by atoms with Gasteiger partial charge in [0.1, 0.15) is 5.78 Å². The van der Waals surface area contributed by atoms with E-state index in [4.69, 9.17) is 0 Å². The van der Waals surface area contributed by atoms with Gasteiger partial charge in [0.2, 0.25) is 0 Å². The molecule has 0 aromatic carbocycles. The zero-order valence-corrected chi connectivity index (χ0v) is 7.60. The smallest absolute Gasteiger partial charge is 0.120 e. The summed E-state index contributed by atoms with van der Waals surface area (Å²) in [4.78, 5) is 0. The van der Waals surface area contributed by atoms with E-state index in [0.717, 1.165) is 0 Å². The minimum absolute atomic E-state index is 0.0694. The summed E-state index contributed by atoms with van der Waals surface area (Å²) >= 11 is 0. The normalized spacial score (nSPS) is 39.5. The molecule has 0 bridgehead atoms. The molecule has 0 saturated heterocycles. The van der Waals surface area contributed by atoms with Crippen LogP contribution in [0.1, 0.15) is 13.8 Å². The largest absolute Gasteiger partial charge is 0.632 e. The molecule has 10 heavy (non-hydrogen) atoms. The van der Waals surface area contributed by atoms with Crippen LogP contribution in [0.25, 0.3) is 0 Å². The lowest BCUT2D eigenvalue weighted by atomic mass is 10.3.